The molecule has 2 atom stereocenters. The first kappa shape index (κ1) is 19.8. The number of nitrogens with zero attached hydrogens (tertiary/aromatic N) is 1. The van der Waals surface area contributed by atoms with Crippen LogP contribution in [0.5, 0.6) is 5.06 Å². The molecule has 4 rings (SSSR count). The summed E-state index contributed by atoms with van der Waals surface area (Å²) in [6.07, 6.45) is 0.198. The first-order valence-corrected chi connectivity index (χ1v) is 11.4. The number of β-lactam (4-membered cyclic amide) rings is 1. The van der Waals surface area contributed by atoms with E-state index in [0.717, 1.165) is 4.88 Å². The number of carboxylic acid groups (broad SMARTS) is 1. The molecular formula is C18H17N3O5S3. The highest BCUT2D eigenvalue weighted by atomic mass is 32.2. The van der Waals surface area contributed by atoms with Crippen molar-refractivity contribution in [3.8, 4) is 5.06 Å². The lowest BCUT2D eigenvalue weighted by atomic mass is 10.0. The monoisotopic (exact) mass is 451 g/mol. The fraction of sp³-hybridized carbons (Fsp3) is 0.278. The number of rotatable bonds is 7. The van der Waals surface area contributed by atoms with Crippen LogP contribution in [0, 0.1) is 0 Å². The number of thioether (sulfide) groups is 1. The Bertz CT molecular complexity index is 985. The van der Waals surface area contributed by atoms with Gasteiger partial charge in [0.05, 0.1) is 6.42 Å². The van der Waals surface area contributed by atoms with Crippen LogP contribution in [0.4, 0.5) is 5.69 Å². The standard InChI is InChI=1S/C18H17N3O5S3/c19-10-4-13(28-8-10)26-6-9-7-29-17-14(16(23)21(17)15(9)18(24)25)20-12(22)5-11-2-1-3-27-11/h1-4,8,14,17H,5-7,19H2,(H,20,22)(H,24,25)/t14?,17-/m1/s1. The quantitative estimate of drug-likeness (QED) is 0.548. The molecule has 1 saturated heterocycles. The summed E-state index contributed by atoms with van der Waals surface area (Å²) in [6, 6.07) is 4.66. The first-order valence-electron chi connectivity index (χ1n) is 8.62. The van der Waals surface area contributed by atoms with Crippen LogP contribution in [0.3, 0.4) is 0 Å². The second-order valence-electron chi connectivity index (χ2n) is 6.46. The highest BCUT2D eigenvalue weighted by Gasteiger charge is 2.54. The van der Waals surface area contributed by atoms with Crippen LogP contribution in [-0.2, 0) is 20.8 Å². The second-order valence-corrected chi connectivity index (χ2v) is 9.47. The summed E-state index contributed by atoms with van der Waals surface area (Å²) in [6.45, 7) is 0.0560. The molecule has 4 N–H and O–H groups in total. The summed E-state index contributed by atoms with van der Waals surface area (Å²) in [7, 11) is 0. The number of aliphatic carboxylic acids is 1. The summed E-state index contributed by atoms with van der Waals surface area (Å²) >= 11 is 4.21. The van der Waals surface area contributed by atoms with E-state index >= 15 is 0 Å². The normalized spacial score (nSPS) is 20.8. The van der Waals surface area contributed by atoms with Crippen LogP contribution in [0.15, 0.2) is 40.2 Å². The maximum atomic E-state index is 12.6. The molecule has 8 nitrogen and oxygen atoms in total. The largest absolute Gasteiger partial charge is 0.479 e. The number of amides is 2. The zero-order valence-corrected chi connectivity index (χ0v) is 17.4. The topological polar surface area (TPSA) is 122 Å². The molecule has 2 aromatic heterocycles. The Kier molecular flexibility index (Phi) is 5.52. The number of carbonyl (C=O) groups excluding carboxylic acids is 2. The van der Waals surface area contributed by atoms with E-state index in [9.17, 15) is 19.5 Å². The van der Waals surface area contributed by atoms with Gasteiger partial charge < -0.3 is 20.9 Å². The number of ether oxygens (including phenoxy) is 1. The third-order valence-electron chi connectivity index (χ3n) is 4.47. The molecule has 2 aliphatic heterocycles. The van der Waals surface area contributed by atoms with Crippen LogP contribution in [0.1, 0.15) is 4.88 Å². The maximum absolute atomic E-state index is 12.6. The molecular weight excluding hydrogens is 434 g/mol. The molecule has 0 bridgehead atoms. The lowest BCUT2D eigenvalue weighted by Crippen LogP contribution is -2.70. The number of nitrogen functional groups attached to an aromatic ring is 1. The van der Waals surface area contributed by atoms with Crippen molar-refractivity contribution in [1.29, 1.82) is 0 Å². The molecule has 2 amide bonds. The summed E-state index contributed by atoms with van der Waals surface area (Å²) in [4.78, 5) is 38.8. The summed E-state index contributed by atoms with van der Waals surface area (Å²) in [5.74, 6) is -1.46. The average molecular weight is 452 g/mol. The van der Waals surface area contributed by atoms with Crippen LogP contribution in [0.2, 0.25) is 0 Å². The minimum absolute atomic E-state index is 0.0560. The molecule has 0 aliphatic carbocycles. The number of hydrogen-bond acceptors (Lipinski definition) is 8. The van der Waals surface area contributed by atoms with Crippen molar-refractivity contribution in [2.75, 3.05) is 18.1 Å². The predicted molar refractivity (Wildman–Crippen MR) is 112 cm³/mol. The van der Waals surface area contributed by atoms with Gasteiger partial charge in [0.2, 0.25) is 5.91 Å². The van der Waals surface area contributed by atoms with Crippen molar-refractivity contribution in [2.45, 2.75) is 17.8 Å². The molecule has 4 heterocycles. The molecule has 1 unspecified atom stereocenters. The Morgan fingerprint density at radius 2 is 2.21 bits per heavy atom. The van der Waals surface area contributed by atoms with Crippen molar-refractivity contribution in [1.82, 2.24) is 10.2 Å². The van der Waals surface area contributed by atoms with Gasteiger partial charge in [-0.05, 0) is 11.4 Å². The van der Waals surface area contributed by atoms with Crippen molar-refractivity contribution >= 4 is 57.9 Å². The Labute approximate surface area is 178 Å². The summed E-state index contributed by atoms with van der Waals surface area (Å²) in [5, 5.41) is 16.2. The van der Waals surface area contributed by atoms with E-state index < -0.39 is 23.3 Å². The number of carboxylic acids is 1. The van der Waals surface area contributed by atoms with Gasteiger partial charge in [0.15, 0.2) is 5.06 Å². The number of nitrogens with one attached hydrogen (secondary N) is 1. The second kappa shape index (κ2) is 8.09. The smallest absolute Gasteiger partial charge is 0.352 e. The van der Waals surface area contributed by atoms with Crippen molar-refractivity contribution in [2.24, 2.45) is 0 Å². The van der Waals surface area contributed by atoms with Gasteiger partial charge in [0.1, 0.15) is 23.7 Å². The van der Waals surface area contributed by atoms with Gasteiger partial charge in [-0.3, -0.25) is 14.5 Å². The molecule has 0 spiro atoms. The van der Waals surface area contributed by atoms with Gasteiger partial charge in [-0.25, -0.2) is 4.79 Å². The van der Waals surface area contributed by atoms with Crippen molar-refractivity contribution in [3.05, 3.63) is 45.1 Å². The SMILES string of the molecule is Nc1csc(OCC2=C(C(=O)O)N3C(=O)C(NC(=O)Cc4cccs4)[C@H]3SC2)c1. The van der Waals surface area contributed by atoms with E-state index in [1.807, 2.05) is 17.5 Å². The fourth-order valence-electron chi connectivity index (χ4n) is 3.15. The molecule has 29 heavy (non-hydrogen) atoms. The predicted octanol–water partition coefficient (Wildman–Crippen LogP) is 1.75. The lowest BCUT2D eigenvalue weighted by Gasteiger charge is -2.49. The molecule has 152 valence electrons. The number of fused-ring (bicyclic) bond motifs is 1. The van der Waals surface area contributed by atoms with Crippen LogP contribution < -0.4 is 15.8 Å². The lowest BCUT2D eigenvalue weighted by molar-refractivity contribution is -0.150. The third kappa shape index (κ3) is 3.98. The van der Waals surface area contributed by atoms with Gasteiger partial charge in [-0.2, -0.15) is 0 Å². The van der Waals surface area contributed by atoms with Crippen molar-refractivity contribution in [3.63, 3.8) is 0 Å². The maximum Gasteiger partial charge on any atom is 0.352 e. The van der Waals surface area contributed by atoms with Crippen molar-refractivity contribution < 1.29 is 24.2 Å². The molecule has 2 aromatic rings. The first-order chi connectivity index (χ1) is 13.9. The molecule has 2 aliphatic rings. The van der Waals surface area contributed by atoms with Gasteiger partial charge in [-0.15, -0.1) is 34.4 Å². The highest BCUT2D eigenvalue weighted by molar-refractivity contribution is 8.00. The van der Waals surface area contributed by atoms with Gasteiger partial charge in [-0.1, -0.05) is 6.07 Å². The molecule has 0 saturated carbocycles. The van der Waals surface area contributed by atoms with Gasteiger partial charge in [0, 0.05) is 33.3 Å². The van der Waals surface area contributed by atoms with Crippen LogP contribution >= 0.6 is 34.4 Å². The molecule has 11 heteroatoms. The number of hydrogen-bond donors (Lipinski definition) is 3. The Balaban J connectivity index is 1.44. The van der Waals surface area contributed by atoms with Crippen LogP contribution in [-0.4, -0.2) is 51.6 Å². The van der Waals surface area contributed by atoms with E-state index in [1.165, 1.54) is 39.3 Å². The molecule has 1 fully saturated rings. The highest BCUT2D eigenvalue weighted by Crippen LogP contribution is 2.40. The van der Waals surface area contributed by atoms with E-state index in [-0.39, 0.29) is 24.6 Å². The number of anilines is 1. The van der Waals surface area contributed by atoms with E-state index in [2.05, 4.69) is 5.32 Å². The van der Waals surface area contributed by atoms with E-state index in [1.54, 1.807) is 11.4 Å². The van der Waals surface area contributed by atoms with Gasteiger partial charge >= 0.3 is 5.97 Å². The third-order valence-corrected chi connectivity index (χ3v) is 7.54. The molecule has 0 radical (unpaired) electrons. The number of carbonyl (C=O) groups is 3. The number of thiophene rings is 2. The minimum Gasteiger partial charge on any atom is -0.479 e. The average Bonchev–Trinajstić information content (AvgIpc) is 3.35. The minimum atomic E-state index is -1.18. The summed E-state index contributed by atoms with van der Waals surface area (Å²) in [5.41, 5.74) is 6.69. The van der Waals surface area contributed by atoms with Crippen LogP contribution in [0.25, 0.3) is 0 Å². The Hall–Kier alpha value is -2.50. The van der Waals surface area contributed by atoms with E-state index in [0.29, 0.717) is 22.1 Å². The Morgan fingerprint density at radius 1 is 1.38 bits per heavy atom. The molecule has 0 aromatic carbocycles. The zero-order chi connectivity index (χ0) is 20.5. The summed E-state index contributed by atoms with van der Waals surface area (Å²) < 4.78 is 5.64. The zero-order valence-electron chi connectivity index (χ0n) is 15.0. The Morgan fingerprint density at radius 3 is 2.86 bits per heavy atom. The van der Waals surface area contributed by atoms with Gasteiger partial charge in [0.25, 0.3) is 5.91 Å². The van der Waals surface area contributed by atoms with E-state index in [4.69, 9.17) is 10.5 Å². The number of nitrogens with two attached hydrogens (primary N) is 1. The fourth-order valence-corrected chi connectivity index (χ4v) is 5.84.